The summed E-state index contributed by atoms with van der Waals surface area (Å²) >= 11 is 0. The Balaban J connectivity index is 2.04. The third-order valence-corrected chi connectivity index (χ3v) is 4.35. The van der Waals surface area contributed by atoms with E-state index in [-0.39, 0.29) is 11.8 Å². The standard InChI is InChI=1S/C17H18O3/c1-12-14(15(18)13-8-4-2-5-9-13)17(20-16(12)19)10-6-3-7-11-17/h2,4-5,8-9H,3,6-7,10-11H2,1H3. The Bertz CT molecular complexity index is 578. The molecule has 1 aromatic carbocycles. The van der Waals surface area contributed by atoms with Crippen LogP contribution in [0.15, 0.2) is 41.5 Å². The van der Waals surface area contributed by atoms with Crippen molar-refractivity contribution in [1.29, 1.82) is 0 Å². The van der Waals surface area contributed by atoms with Crippen molar-refractivity contribution in [3.63, 3.8) is 0 Å². The fourth-order valence-electron chi connectivity index (χ4n) is 3.33. The second-order valence-electron chi connectivity index (χ2n) is 5.64. The van der Waals surface area contributed by atoms with Gasteiger partial charge in [0.2, 0.25) is 0 Å². The van der Waals surface area contributed by atoms with E-state index in [1.165, 1.54) is 0 Å². The summed E-state index contributed by atoms with van der Waals surface area (Å²) in [5, 5.41) is 0. The Morgan fingerprint density at radius 3 is 2.40 bits per heavy atom. The normalized spacial score (nSPS) is 21.1. The van der Waals surface area contributed by atoms with Crippen molar-refractivity contribution < 1.29 is 14.3 Å². The smallest absolute Gasteiger partial charge is 0.335 e. The minimum Gasteiger partial charge on any atom is -0.451 e. The zero-order valence-corrected chi connectivity index (χ0v) is 11.6. The lowest BCUT2D eigenvalue weighted by molar-refractivity contribution is -0.148. The molecule has 1 fully saturated rings. The first-order chi connectivity index (χ1) is 9.64. The largest absolute Gasteiger partial charge is 0.451 e. The van der Waals surface area contributed by atoms with Crippen LogP contribution >= 0.6 is 0 Å². The van der Waals surface area contributed by atoms with Crippen molar-refractivity contribution in [2.75, 3.05) is 0 Å². The van der Waals surface area contributed by atoms with Crippen molar-refractivity contribution in [1.82, 2.24) is 0 Å². The summed E-state index contributed by atoms with van der Waals surface area (Å²) in [6.07, 6.45) is 4.69. The van der Waals surface area contributed by atoms with Crippen LogP contribution in [0, 0.1) is 0 Å². The second-order valence-corrected chi connectivity index (χ2v) is 5.64. The molecule has 0 radical (unpaired) electrons. The molecule has 1 heterocycles. The average Bonchev–Trinajstić information content (AvgIpc) is 2.71. The molecule has 1 aliphatic carbocycles. The van der Waals surface area contributed by atoms with Crippen LogP contribution in [0.25, 0.3) is 0 Å². The Morgan fingerprint density at radius 2 is 1.75 bits per heavy atom. The van der Waals surface area contributed by atoms with Gasteiger partial charge in [-0.05, 0) is 32.6 Å². The molecule has 0 saturated heterocycles. The molecule has 0 aromatic heterocycles. The Kier molecular flexibility index (Phi) is 3.20. The maximum atomic E-state index is 12.8. The zero-order valence-electron chi connectivity index (χ0n) is 11.6. The molecular weight excluding hydrogens is 252 g/mol. The van der Waals surface area contributed by atoms with E-state index in [1.807, 2.05) is 18.2 Å². The maximum Gasteiger partial charge on any atom is 0.335 e. The first-order valence-electron chi connectivity index (χ1n) is 7.18. The highest BCUT2D eigenvalue weighted by Gasteiger charge is 2.49. The monoisotopic (exact) mass is 270 g/mol. The molecule has 104 valence electrons. The molecule has 2 aliphatic rings. The summed E-state index contributed by atoms with van der Waals surface area (Å²) in [6.45, 7) is 1.71. The molecular formula is C17H18O3. The van der Waals surface area contributed by atoms with Crippen LogP contribution in [0.5, 0.6) is 0 Å². The third-order valence-electron chi connectivity index (χ3n) is 4.35. The SMILES string of the molecule is CC1=C(C(=O)c2ccccc2)C2(CCCCC2)OC1=O. The van der Waals surface area contributed by atoms with Crippen molar-refractivity contribution in [3.05, 3.63) is 47.0 Å². The topological polar surface area (TPSA) is 43.4 Å². The third kappa shape index (κ3) is 1.98. The summed E-state index contributed by atoms with van der Waals surface area (Å²) in [5.41, 5.74) is 1.05. The van der Waals surface area contributed by atoms with Crippen LogP contribution in [0.1, 0.15) is 49.4 Å². The van der Waals surface area contributed by atoms with Crippen LogP contribution in [-0.2, 0) is 9.53 Å². The number of hydrogen-bond donors (Lipinski definition) is 0. The lowest BCUT2D eigenvalue weighted by Crippen LogP contribution is -2.37. The number of ketones is 1. The minimum atomic E-state index is -0.660. The van der Waals surface area contributed by atoms with Gasteiger partial charge in [-0.25, -0.2) is 4.79 Å². The van der Waals surface area contributed by atoms with E-state index < -0.39 is 5.60 Å². The highest BCUT2D eigenvalue weighted by molar-refractivity contribution is 6.16. The Morgan fingerprint density at radius 1 is 1.10 bits per heavy atom. The molecule has 1 aromatic rings. The first-order valence-corrected chi connectivity index (χ1v) is 7.18. The fraction of sp³-hybridized carbons (Fsp3) is 0.412. The summed E-state index contributed by atoms with van der Waals surface area (Å²) in [4.78, 5) is 24.7. The van der Waals surface area contributed by atoms with Crippen molar-refractivity contribution in [2.45, 2.75) is 44.6 Å². The van der Waals surface area contributed by atoms with E-state index in [4.69, 9.17) is 4.74 Å². The summed E-state index contributed by atoms with van der Waals surface area (Å²) in [6, 6.07) is 9.15. The van der Waals surface area contributed by atoms with Crippen LogP contribution in [0.3, 0.4) is 0 Å². The van der Waals surface area contributed by atoms with E-state index in [0.717, 1.165) is 32.1 Å². The minimum absolute atomic E-state index is 0.0594. The second kappa shape index (κ2) is 4.89. The van der Waals surface area contributed by atoms with E-state index in [9.17, 15) is 9.59 Å². The molecule has 3 rings (SSSR count). The predicted octanol–water partition coefficient (Wildman–Crippen LogP) is 3.45. The van der Waals surface area contributed by atoms with Gasteiger partial charge in [0, 0.05) is 11.1 Å². The molecule has 0 amide bonds. The van der Waals surface area contributed by atoms with E-state index in [0.29, 0.717) is 16.7 Å². The van der Waals surface area contributed by atoms with E-state index >= 15 is 0 Å². The molecule has 0 atom stereocenters. The van der Waals surface area contributed by atoms with E-state index in [2.05, 4.69) is 0 Å². The van der Waals surface area contributed by atoms with Gasteiger partial charge in [0.15, 0.2) is 5.78 Å². The van der Waals surface area contributed by atoms with Crippen molar-refractivity contribution in [3.8, 4) is 0 Å². The fourth-order valence-corrected chi connectivity index (χ4v) is 3.33. The molecule has 0 N–H and O–H groups in total. The molecule has 0 unspecified atom stereocenters. The molecule has 3 heteroatoms. The van der Waals surface area contributed by atoms with Gasteiger partial charge in [-0.1, -0.05) is 36.8 Å². The number of hydrogen-bond acceptors (Lipinski definition) is 3. The highest BCUT2D eigenvalue weighted by Crippen LogP contribution is 2.44. The molecule has 1 saturated carbocycles. The summed E-state index contributed by atoms with van der Waals surface area (Å²) < 4.78 is 5.62. The van der Waals surface area contributed by atoms with Crippen molar-refractivity contribution in [2.24, 2.45) is 0 Å². The molecule has 1 aliphatic heterocycles. The van der Waals surface area contributed by atoms with Crippen LogP contribution in [-0.4, -0.2) is 17.4 Å². The van der Waals surface area contributed by atoms with Crippen LogP contribution in [0.4, 0.5) is 0 Å². The van der Waals surface area contributed by atoms with Gasteiger partial charge in [-0.15, -0.1) is 0 Å². The van der Waals surface area contributed by atoms with Crippen LogP contribution in [0.2, 0.25) is 0 Å². The van der Waals surface area contributed by atoms with E-state index in [1.54, 1.807) is 19.1 Å². The van der Waals surface area contributed by atoms with Gasteiger partial charge >= 0.3 is 5.97 Å². The van der Waals surface area contributed by atoms with Gasteiger partial charge in [0.25, 0.3) is 0 Å². The quantitative estimate of drug-likeness (QED) is 0.610. The first kappa shape index (κ1) is 13.1. The van der Waals surface area contributed by atoms with Gasteiger partial charge in [0.05, 0.1) is 5.57 Å². The molecule has 1 spiro atoms. The Labute approximate surface area is 118 Å². The Hall–Kier alpha value is -1.90. The zero-order chi connectivity index (χ0) is 14.2. The summed E-state index contributed by atoms with van der Waals surface area (Å²) in [5.74, 6) is -0.387. The van der Waals surface area contributed by atoms with Gasteiger partial charge < -0.3 is 4.74 Å². The number of carbonyl (C=O) groups excluding carboxylic acids is 2. The van der Waals surface area contributed by atoms with Crippen LogP contribution < -0.4 is 0 Å². The lowest BCUT2D eigenvalue weighted by Gasteiger charge is -2.34. The van der Waals surface area contributed by atoms with Gasteiger partial charge in [0.1, 0.15) is 5.60 Å². The average molecular weight is 270 g/mol. The van der Waals surface area contributed by atoms with Crippen molar-refractivity contribution >= 4 is 11.8 Å². The number of Topliss-reactive ketones (excluding diaryl/α,β-unsaturated/α-hetero) is 1. The molecule has 20 heavy (non-hydrogen) atoms. The number of esters is 1. The summed E-state index contributed by atoms with van der Waals surface area (Å²) in [7, 11) is 0. The number of benzene rings is 1. The highest BCUT2D eigenvalue weighted by atomic mass is 16.6. The number of carbonyl (C=O) groups is 2. The molecule has 3 nitrogen and oxygen atoms in total. The van der Waals surface area contributed by atoms with Gasteiger partial charge in [-0.2, -0.15) is 0 Å². The number of rotatable bonds is 2. The number of ether oxygens (including phenoxy) is 1. The predicted molar refractivity (Wildman–Crippen MR) is 75.4 cm³/mol. The lowest BCUT2D eigenvalue weighted by atomic mass is 9.76. The maximum absolute atomic E-state index is 12.8. The van der Waals surface area contributed by atoms with Gasteiger partial charge in [-0.3, -0.25) is 4.79 Å². The molecule has 0 bridgehead atoms.